The highest BCUT2D eigenvalue weighted by molar-refractivity contribution is 5.94. The molecule has 2 rings (SSSR count). The first-order valence-electron chi connectivity index (χ1n) is 7.46. The average Bonchev–Trinajstić information content (AvgIpc) is 2.85. The number of ether oxygens (including phenoxy) is 1. The van der Waals surface area contributed by atoms with Crippen LogP contribution in [0.25, 0.3) is 0 Å². The second-order valence-electron chi connectivity index (χ2n) is 5.75. The zero-order valence-corrected chi connectivity index (χ0v) is 13.6. The zero-order chi connectivity index (χ0) is 16.1. The number of amides is 1. The third-order valence-electron chi connectivity index (χ3n) is 3.46. The summed E-state index contributed by atoms with van der Waals surface area (Å²) < 4.78 is 7.44. The second kappa shape index (κ2) is 7.11. The molecule has 0 unspecified atom stereocenters. The summed E-state index contributed by atoms with van der Waals surface area (Å²) in [5.41, 5.74) is 1.81. The van der Waals surface area contributed by atoms with Gasteiger partial charge in [-0.2, -0.15) is 5.10 Å². The molecule has 22 heavy (non-hydrogen) atoms. The van der Waals surface area contributed by atoms with Crippen molar-refractivity contribution in [1.82, 2.24) is 9.78 Å². The van der Waals surface area contributed by atoms with Crippen molar-refractivity contribution in [2.45, 2.75) is 27.3 Å². The molecule has 0 saturated heterocycles. The topological polar surface area (TPSA) is 47.4 Å². The van der Waals surface area contributed by atoms with Gasteiger partial charge in [0.05, 0.1) is 17.6 Å². The molecule has 1 aromatic heterocycles. The van der Waals surface area contributed by atoms with E-state index in [9.17, 15) is 4.79 Å². The van der Waals surface area contributed by atoms with E-state index in [0.29, 0.717) is 11.7 Å². The molecule has 5 nitrogen and oxygen atoms in total. The Bertz CT molecular complexity index is 620. The van der Waals surface area contributed by atoms with Crippen molar-refractivity contribution in [2.75, 3.05) is 18.6 Å². The minimum Gasteiger partial charge on any atom is -0.484 e. The monoisotopic (exact) mass is 301 g/mol. The van der Waals surface area contributed by atoms with Gasteiger partial charge in [0, 0.05) is 13.6 Å². The highest BCUT2D eigenvalue weighted by Gasteiger charge is 2.17. The Kier molecular flexibility index (Phi) is 5.20. The first-order valence-corrected chi connectivity index (χ1v) is 7.46. The van der Waals surface area contributed by atoms with Gasteiger partial charge in [-0.05, 0) is 25.0 Å². The van der Waals surface area contributed by atoms with Crippen LogP contribution in [0.2, 0.25) is 0 Å². The summed E-state index contributed by atoms with van der Waals surface area (Å²) in [4.78, 5) is 13.9. The Morgan fingerprint density at radius 2 is 2.00 bits per heavy atom. The van der Waals surface area contributed by atoms with Crippen molar-refractivity contribution in [3.05, 3.63) is 42.2 Å². The minimum absolute atomic E-state index is 0.00924. The largest absolute Gasteiger partial charge is 0.484 e. The number of carbonyl (C=O) groups is 1. The van der Waals surface area contributed by atoms with Crippen LogP contribution in [-0.4, -0.2) is 29.3 Å². The van der Waals surface area contributed by atoms with Gasteiger partial charge in [0.2, 0.25) is 0 Å². The number of benzene rings is 1. The van der Waals surface area contributed by atoms with Crippen LogP contribution >= 0.6 is 0 Å². The van der Waals surface area contributed by atoms with E-state index in [1.54, 1.807) is 18.1 Å². The maximum absolute atomic E-state index is 12.3. The number of aromatic nitrogens is 2. The van der Waals surface area contributed by atoms with Gasteiger partial charge < -0.3 is 9.64 Å². The molecule has 1 amide bonds. The van der Waals surface area contributed by atoms with E-state index in [1.807, 2.05) is 41.9 Å². The molecule has 0 bridgehead atoms. The van der Waals surface area contributed by atoms with Crippen molar-refractivity contribution in [3.8, 4) is 5.75 Å². The van der Waals surface area contributed by atoms with Gasteiger partial charge in [-0.1, -0.05) is 32.0 Å². The maximum Gasteiger partial charge on any atom is 0.264 e. The Hall–Kier alpha value is -2.30. The van der Waals surface area contributed by atoms with Crippen LogP contribution in [0, 0.1) is 12.8 Å². The van der Waals surface area contributed by atoms with Gasteiger partial charge in [-0.15, -0.1) is 0 Å². The normalized spacial score (nSPS) is 10.8. The van der Waals surface area contributed by atoms with E-state index in [2.05, 4.69) is 18.9 Å². The number of rotatable bonds is 6. The maximum atomic E-state index is 12.3. The van der Waals surface area contributed by atoms with Gasteiger partial charge in [-0.25, -0.2) is 0 Å². The van der Waals surface area contributed by atoms with Crippen LogP contribution in [-0.2, 0) is 11.3 Å². The molecule has 2 aromatic rings. The molecule has 0 atom stereocenters. The fraction of sp³-hybridized carbons (Fsp3) is 0.412. The number of nitrogens with zero attached hydrogens (tertiary/aromatic N) is 3. The summed E-state index contributed by atoms with van der Waals surface area (Å²) >= 11 is 0. The van der Waals surface area contributed by atoms with Crippen molar-refractivity contribution in [1.29, 1.82) is 0 Å². The molecule has 0 fully saturated rings. The van der Waals surface area contributed by atoms with E-state index in [1.165, 1.54) is 0 Å². The first-order chi connectivity index (χ1) is 10.5. The highest BCUT2D eigenvalue weighted by Crippen LogP contribution is 2.19. The Labute approximate surface area is 131 Å². The van der Waals surface area contributed by atoms with Crippen molar-refractivity contribution >= 4 is 11.6 Å². The number of anilines is 1. The lowest BCUT2D eigenvalue weighted by Gasteiger charge is -2.17. The molecule has 0 aliphatic heterocycles. The summed E-state index contributed by atoms with van der Waals surface area (Å²) in [5.74, 6) is 1.10. The predicted molar refractivity (Wildman–Crippen MR) is 87.1 cm³/mol. The molecule has 0 N–H and O–H groups in total. The van der Waals surface area contributed by atoms with Crippen molar-refractivity contribution in [2.24, 2.45) is 5.92 Å². The lowest BCUT2D eigenvalue weighted by atomic mass is 10.2. The van der Waals surface area contributed by atoms with Gasteiger partial charge in [-0.3, -0.25) is 9.48 Å². The molecule has 5 heteroatoms. The van der Waals surface area contributed by atoms with Crippen LogP contribution in [0.5, 0.6) is 5.75 Å². The van der Waals surface area contributed by atoms with Crippen molar-refractivity contribution < 1.29 is 9.53 Å². The third kappa shape index (κ3) is 3.87. The van der Waals surface area contributed by atoms with Crippen LogP contribution in [0.4, 0.5) is 5.69 Å². The van der Waals surface area contributed by atoms with Crippen molar-refractivity contribution in [3.63, 3.8) is 0 Å². The molecule has 1 heterocycles. The predicted octanol–water partition coefficient (Wildman–Crippen LogP) is 2.89. The smallest absolute Gasteiger partial charge is 0.264 e. The van der Waals surface area contributed by atoms with Gasteiger partial charge in [0.1, 0.15) is 5.75 Å². The summed E-state index contributed by atoms with van der Waals surface area (Å²) in [6, 6.07) is 9.33. The van der Waals surface area contributed by atoms with Gasteiger partial charge >= 0.3 is 0 Å². The summed E-state index contributed by atoms with van der Waals surface area (Å²) in [6.45, 7) is 7.11. The van der Waals surface area contributed by atoms with Gasteiger partial charge in [0.25, 0.3) is 5.91 Å². The molecule has 0 aliphatic carbocycles. The highest BCUT2D eigenvalue weighted by atomic mass is 16.5. The molecule has 0 radical (unpaired) electrons. The third-order valence-corrected chi connectivity index (χ3v) is 3.46. The lowest BCUT2D eigenvalue weighted by Crippen LogP contribution is -2.31. The quantitative estimate of drug-likeness (QED) is 0.824. The van der Waals surface area contributed by atoms with Crippen LogP contribution in [0.3, 0.4) is 0 Å². The molecule has 0 aliphatic rings. The SMILES string of the molecule is Cc1c(N(C)C(=O)COc2ccccc2)cnn1CC(C)C. The molecular weight excluding hydrogens is 278 g/mol. The van der Waals surface area contributed by atoms with E-state index >= 15 is 0 Å². The standard InChI is InChI=1S/C17H23N3O2/c1-13(2)11-20-14(3)16(10-18-20)19(4)17(21)12-22-15-8-6-5-7-9-15/h5-10,13H,11-12H2,1-4H3. The Morgan fingerprint density at radius 1 is 1.32 bits per heavy atom. The molecule has 0 saturated carbocycles. The lowest BCUT2D eigenvalue weighted by molar-refractivity contribution is -0.120. The summed E-state index contributed by atoms with van der Waals surface area (Å²) in [7, 11) is 1.75. The summed E-state index contributed by atoms with van der Waals surface area (Å²) in [5, 5.41) is 4.36. The number of carbonyl (C=O) groups excluding carboxylic acids is 1. The Balaban J connectivity index is 2.00. The number of hydrogen-bond acceptors (Lipinski definition) is 3. The second-order valence-corrected chi connectivity index (χ2v) is 5.75. The number of hydrogen-bond donors (Lipinski definition) is 0. The fourth-order valence-electron chi connectivity index (χ4n) is 2.19. The molecule has 1 aromatic carbocycles. The van der Waals surface area contributed by atoms with E-state index in [0.717, 1.165) is 17.9 Å². The van der Waals surface area contributed by atoms with Crippen LogP contribution in [0.1, 0.15) is 19.5 Å². The zero-order valence-electron chi connectivity index (χ0n) is 13.6. The molecule has 118 valence electrons. The summed E-state index contributed by atoms with van der Waals surface area (Å²) in [6.07, 6.45) is 1.73. The van der Waals surface area contributed by atoms with E-state index < -0.39 is 0 Å². The van der Waals surface area contributed by atoms with E-state index in [-0.39, 0.29) is 12.5 Å². The molecule has 0 spiro atoms. The first kappa shape index (κ1) is 16.1. The fourth-order valence-corrected chi connectivity index (χ4v) is 2.19. The van der Waals surface area contributed by atoms with Crippen LogP contribution in [0.15, 0.2) is 36.5 Å². The number of para-hydroxylation sites is 1. The minimum atomic E-state index is -0.101. The van der Waals surface area contributed by atoms with Crippen LogP contribution < -0.4 is 9.64 Å². The number of likely N-dealkylation sites (N-methyl/N-ethyl adjacent to an activating group) is 1. The van der Waals surface area contributed by atoms with E-state index in [4.69, 9.17) is 4.74 Å². The molecular formula is C17H23N3O2. The average molecular weight is 301 g/mol. The van der Waals surface area contributed by atoms with Gasteiger partial charge in [0.15, 0.2) is 6.61 Å². The Morgan fingerprint density at radius 3 is 2.64 bits per heavy atom.